The van der Waals surface area contributed by atoms with Crippen molar-refractivity contribution in [3.63, 3.8) is 0 Å². The van der Waals surface area contributed by atoms with E-state index < -0.39 is 30.3 Å². The van der Waals surface area contributed by atoms with Crippen LogP contribution < -0.4 is 4.74 Å². The number of rotatable bonds is 2. The van der Waals surface area contributed by atoms with Crippen molar-refractivity contribution in [3.8, 4) is 5.88 Å². The Balaban J connectivity index is 3.24. The zero-order valence-electron chi connectivity index (χ0n) is 10.0. The van der Waals surface area contributed by atoms with Gasteiger partial charge in [-0.05, 0) is 15.9 Å². The number of methoxy groups -OCH3 is 2. The average Bonchev–Trinajstić information content (AvgIpc) is 2.20. The van der Waals surface area contributed by atoms with Gasteiger partial charge in [-0.15, -0.1) is 0 Å². The lowest BCUT2D eigenvalue weighted by atomic mass is 10.2. The van der Waals surface area contributed by atoms with Gasteiger partial charge in [0.15, 0.2) is 0 Å². The predicted octanol–water partition coefficient (Wildman–Crippen LogP) is 1.78. The molecule has 1 aromatic rings. The van der Waals surface area contributed by atoms with Crippen LogP contribution in [0.5, 0.6) is 5.88 Å². The van der Waals surface area contributed by atoms with Crippen molar-refractivity contribution < 1.29 is 22.8 Å². The molecule has 0 unspecified atom stereocenters. The number of pyridine rings is 1. The molecular weight excluding hydrogens is 257 g/mol. The summed E-state index contributed by atoms with van der Waals surface area (Å²) >= 11 is 2.90. The minimum atomic E-state index is -2.85. The number of hydrogen-bond acceptors (Lipinski definition) is 4. The molecule has 0 atom stereocenters. The molecule has 0 saturated carbocycles. The molecule has 0 radical (unpaired) electrons. The van der Waals surface area contributed by atoms with Crippen LogP contribution in [-0.2, 0) is 4.74 Å². The van der Waals surface area contributed by atoms with Crippen LogP contribution in [0.1, 0.15) is 14.5 Å². The number of carbonyl (C=O) groups excluding carboxylic acids is 1. The minimum absolute atomic E-state index is 0.0414. The Morgan fingerprint density at radius 3 is 3.07 bits per heavy atom. The van der Waals surface area contributed by atoms with Gasteiger partial charge in [0.2, 0.25) is 5.82 Å². The summed E-state index contributed by atoms with van der Waals surface area (Å²) in [6.45, 7) is 0. The van der Waals surface area contributed by atoms with Crippen LogP contribution in [0, 0.1) is 5.82 Å². The number of nitrogens with zero attached hydrogens (tertiary/aromatic N) is 1. The highest BCUT2D eigenvalue weighted by atomic mass is 79.9. The van der Waals surface area contributed by atoms with Crippen molar-refractivity contribution in [2.75, 3.05) is 14.1 Å². The molecule has 0 aliphatic heterocycles. The molecule has 0 N–H and O–H groups in total. The maximum atomic E-state index is 13.7. The minimum Gasteiger partial charge on any atom is -0.479 e. The summed E-state index contributed by atoms with van der Waals surface area (Å²) in [5, 5.41) is 0. The van der Waals surface area contributed by atoms with Gasteiger partial charge in [0.1, 0.15) is 5.56 Å². The third kappa shape index (κ3) is 1.84. The summed E-state index contributed by atoms with van der Waals surface area (Å²) < 4.78 is 42.9. The fourth-order valence-electron chi connectivity index (χ4n) is 0.809. The predicted molar refractivity (Wildman–Crippen MR) is 49.8 cm³/mol. The summed E-state index contributed by atoms with van der Waals surface area (Å²) in [4.78, 5) is 14.7. The van der Waals surface area contributed by atoms with Crippen LogP contribution in [0.25, 0.3) is 0 Å². The molecule has 76 valence electrons. The lowest BCUT2D eigenvalue weighted by molar-refractivity contribution is 0.0593. The van der Waals surface area contributed by atoms with E-state index in [2.05, 4.69) is 30.4 Å². The molecule has 0 spiro atoms. The Bertz CT molecular complexity index is 452. The fraction of sp³-hybridized carbons (Fsp3) is 0.250. The topological polar surface area (TPSA) is 48.4 Å². The first-order chi connectivity index (χ1) is 7.76. The lowest BCUT2D eigenvalue weighted by Crippen LogP contribution is -2.08. The number of esters is 1. The molecule has 0 fully saturated rings. The first-order valence-electron chi connectivity index (χ1n) is 4.87. The summed E-state index contributed by atoms with van der Waals surface area (Å²) in [5.74, 6) is -2.94. The van der Waals surface area contributed by atoms with E-state index in [0.717, 1.165) is 13.3 Å². The molecule has 1 rings (SSSR count). The zero-order valence-corrected chi connectivity index (χ0v) is 8.59. The first kappa shape index (κ1) is 7.17. The fourth-order valence-corrected chi connectivity index (χ4v) is 1.25. The molecule has 0 aromatic carbocycles. The second-order valence-corrected chi connectivity index (χ2v) is 3.05. The normalized spacial score (nSPS) is 13.8. The van der Waals surface area contributed by atoms with E-state index in [4.69, 9.17) is 4.11 Å². The van der Waals surface area contributed by atoms with E-state index in [-0.39, 0.29) is 4.47 Å². The van der Waals surface area contributed by atoms with Crippen LogP contribution in [0.2, 0.25) is 0 Å². The third-order valence-corrected chi connectivity index (χ3v) is 2.03. The van der Waals surface area contributed by atoms with E-state index in [9.17, 15) is 9.18 Å². The van der Waals surface area contributed by atoms with E-state index in [1.54, 1.807) is 0 Å². The molecule has 4 nitrogen and oxygen atoms in total. The molecule has 1 aromatic heterocycles. The van der Waals surface area contributed by atoms with Gasteiger partial charge in [0.25, 0.3) is 5.88 Å². The molecule has 0 saturated heterocycles. The molecule has 0 aliphatic rings. The summed E-state index contributed by atoms with van der Waals surface area (Å²) in [7, 11) is -1.78. The number of carbonyl (C=O) groups is 1. The molecule has 0 amide bonds. The quantitative estimate of drug-likeness (QED) is 0.766. The number of aromatic nitrogens is 1. The lowest BCUT2D eigenvalue weighted by Gasteiger charge is -2.06. The highest BCUT2D eigenvalue weighted by Gasteiger charge is 2.21. The Hall–Kier alpha value is -1.17. The van der Waals surface area contributed by atoms with E-state index in [1.807, 2.05) is 0 Å². The van der Waals surface area contributed by atoms with Crippen molar-refractivity contribution >= 4 is 21.9 Å². The van der Waals surface area contributed by atoms with Crippen LogP contribution in [0.15, 0.2) is 10.7 Å². The van der Waals surface area contributed by atoms with Gasteiger partial charge in [-0.25, -0.2) is 14.2 Å². The van der Waals surface area contributed by atoms with Crippen molar-refractivity contribution in [1.82, 2.24) is 4.98 Å². The monoisotopic (exact) mass is 266 g/mol. The number of hydrogen-bond donors (Lipinski definition) is 0. The Morgan fingerprint density at radius 2 is 2.50 bits per heavy atom. The van der Waals surface area contributed by atoms with E-state index >= 15 is 0 Å². The zero-order chi connectivity index (χ0) is 13.2. The second kappa shape index (κ2) is 4.36. The average molecular weight is 267 g/mol. The summed E-state index contributed by atoms with van der Waals surface area (Å²) in [6.07, 6.45) is 1.05. The largest absolute Gasteiger partial charge is 0.479 e. The van der Waals surface area contributed by atoms with Crippen molar-refractivity contribution in [3.05, 3.63) is 22.1 Å². The third-order valence-electron chi connectivity index (χ3n) is 1.43. The maximum absolute atomic E-state index is 13.7. The van der Waals surface area contributed by atoms with E-state index in [1.165, 1.54) is 0 Å². The smallest absolute Gasteiger partial charge is 0.342 e. The highest BCUT2D eigenvalue weighted by molar-refractivity contribution is 9.10. The standard InChI is InChI=1S/C8H7BrFNO3/c1-13-7-6(10)5(8(12)14-2)4(9)3-11-7/h3H,1-2H3/i1D3. The van der Waals surface area contributed by atoms with Gasteiger partial charge >= 0.3 is 5.97 Å². The maximum Gasteiger partial charge on any atom is 0.342 e. The van der Waals surface area contributed by atoms with Gasteiger partial charge in [0, 0.05) is 6.20 Å². The highest BCUT2D eigenvalue weighted by Crippen LogP contribution is 2.25. The molecular formula is C8H7BrFNO3. The van der Waals surface area contributed by atoms with E-state index in [0.29, 0.717) is 0 Å². The molecule has 6 heteroatoms. The van der Waals surface area contributed by atoms with Gasteiger partial charge in [-0.3, -0.25) is 0 Å². The van der Waals surface area contributed by atoms with Crippen LogP contribution in [0.4, 0.5) is 4.39 Å². The summed E-state index contributed by atoms with van der Waals surface area (Å²) in [5.41, 5.74) is -0.471. The SMILES string of the molecule is [2H]C([2H])([2H])Oc1ncc(Br)c(C(=O)OC)c1F. The van der Waals surface area contributed by atoms with Gasteiger partial charge < -0.3 is 9.47 Å². The summed E-state index contributed by atoms with van der Waals surface area (Å²) in [6, 6.07) is 0. The van der Waals surface area contributed by atoms with Gasteiger partial charge in [0.05, 0.1) is 22.7 Å². The first-order valence-corrected chi connectivity index (χ1v) is 4.17. The Morgan fingerprint density at radius 1 is 1.79 bits per heavy atom. The van der Waals surface area contributed by atoms with Gasteiger partial charge in [-0.1, -0.05) is 0 Å². The number of ether oxygens (including phenoxy) is 2. The Kier molecular flexibility index (Phi) is 2.23. The molecule has 0 aliphatic carbocycles. The molecule has 14 heavy (non-hydrogen) atoms. The molecule has 0 bridgehead atoms. The van der Waals surface area contributed by atoms with Crippen molar-refractivity contribution in [2.45, 2.75) is 0 Å². The second-order valence-electron chi connectivity index (χ2n) is 2.19. The van der Waals surface area contributed by atoms with Crippen molar-refractivity contribution in [2.24, 2.45) is 0 Å². The van der Waals surface area contributed by atoms with Crippen LogP contribution >= 0.6 is 15.9 Å². The van der Waals surface area contributed by atoms with Gasteiger partial charge in [-0.2, -0.15) is 0 Å². The number of halogens is 2. The van der Waals surface area contributed by atoms with Crippen molar-refractivity contribution in [1.29, 1.82) is 0 Å². The van der Waals surface area contributed by atoms with Crippen LogP contribution in [-0.4, -0.2) is 25.1 Å². The van der Waals surface area contributed by atoms with Crippen LogP contribution in [0.3, 0.4) is 0 Å². The molecule has 1 heterocycles. The Labute approximate surface area is 92.4 Å².